The lowest BCUT2D eigenvalue weighted by Crippen LogP contribution is -2.59. The number of pyridine rings is 1. The van der Waals surface area contributed by atoms with E-state index < -0.39 is 40.1 Å². The molecule has 10 heteroatoms. The van der Waals surface area contributed by atoms with Crippen molar-refractivity contribution < 1.29 is 19.1 Å². The molecule has 2 aliphatic heterocycles. The lowest BCUT2D eigenvalue weighted by molar-refractivity contribution is 0.0721. The van der Waals surface area contributed by atoms with Crippen molar-refractivity contribution >= 4 is 23.4 Å². The van der Waals surface area contributed by atoms with Crippen LogP contribution in [0.2, 0.25) is 5.02 Å². The van der Waals surface area contributed by atoms with Gasteiger partial charge >= 0.3 is 0 Å². The molecule has 0 bridgehead atoms. The molecule has 0 radical (unpaired) electrons. The second kappa shape index (κ2) is 6.11. The number of aromatic nitrogens is 1. The molecule has 4 aliphatic rings. The van der Waals surface area contributed by atoms with E-state index in [0.29, 0.717) is 24.0 Å². The second-order valence-electron chi connectivity index (χ2n) is 9.21. The fraction of sp³-hybridized carbons (Fsp3) is 0.409. The number of hydrogen-bond acceptors (Lipinski definition) is 5. The van der Waals surface area contributed by atoms with E-state index in [0.717, 1.165) is 6.42 Å². The highest BCUT2D eigenvalue weighted by atomic mass is 35.5. The van der Waals surface area contributed by atoms with Crippen LogP contribution in [0.25, 0.3) is 0 Å². The van der Waals surface area contributed by atoms with Crippen LogP contribution in [0.15, 0.2) is 23.0 Å². The number of aromatic hydroxyl groups is 1. The summed E-state index contributed by atoms with van der Waals surface area (Å²) in [6.45, 7) is 0.391. The van der Waals surface area contributed by atoms with Crippen molar-refractivity contribution in [1.82, 2.24) is 14.8 Å². The van der Waals surface area contributed by atoms with Gasteiger partial charge in [-0.1, -0.05) is 17.7 Å². The number of fused-ring (bicyclic) bond motifs is 6. The Morgan fingerprint density at radius 2 is 2.09 bits per heavy atom. The summed E-state index contributed by atoms with van der Waals surface area (Å²) in [5.74, 6) is -2.01. The Kier molecular flexibility index (Phi) is 3.77. The van der Waals surface area contributed by atoms with Gasteiger partial charge in [-0.2, -0.15) is 0 Å². The molecule has 4 N–H and O–H groups in total. The summed E-state index contributed by atoms with van der Waals surface area (Å²) in [7, 11) is 0. The maximum absolute atomic E-state index is 13.5. The molecule has 2 saturated carbocycles. The number of halogens is 2. The van der Waals surface area contributed by atoms with Crippen molar-refractivity contribution in [1.29, 1.82) is 0 Å². The average molecular weight is 459 g/mol. The molecule has 2 aliphatic carbocycles. The largest absolute Gasteiger partial charge is 0.502 e. The van der Waals surface area contributed by atoms with Crippen LogP contribution in [0.1, 0.15) is 51.2 Å². The van der Waals surface area contributed by atoms with E-state index >= 15 is 0 Å². The highest BCUT2D eigenvalue weighted by molar-refractivity contribution is 6.30. The van der Waals surface area contributed by atoms with E-state index in [4.69, 9.17) is 17.3 Å². The Hall–Kier alpha value is -2.91. The van der Waals surface area contributed by atoms with Gasteiger partial charge in [-0.3, -0.25) is 19.0 Å². The van der Waals surface area contributed by atoms with Crippen LogP contribution in [0.5, 0.6) is 5.75 Å². The van der Waals surface area contributed by atoms with Crippen molar-refractivity contribution in [2.24, 2.45) is 11.7 Å². The van der Waals surface area contributed by atoms with Gasteiger partial charge in [0.1, 0.15) is 17.2 Å². The quantitative estimate of drug-likeness (QED) is 0.629. The first-order valence-electron chi connectivity index (χ1n) is 10.5. The Bertz CT molecular complexity index is 1310. The third-order valence-corrected chi connectivity index (χ3v) is 7.93. The maximum atomic E-state index is 13.5. The zero-order valence-corrected chi connectivity index (χ0v) is 17.7. The van der Waals surface area contributed by atoms with Crippen molar-refractivity contribution in [3.8, 4) is 5.75 Å². The molecule has 3 heterocycles. The van der Waals surface area contributed by atoms with Crippen LogP contribution in [0.3, 0.4) is 0 Å². The maximum Gasteiger partial charge on any atom is 0.296 e. The Balaban J connectivity index is 1.44. The van der Waals surface area contributed by atoms with Crippen LogP contribution in [-0.2, 0) is 18.6 Å². The molecule has 1 aromatic heterocycles. The summed E-state index contributed by atoms with van der Waals surface area (Å²) in [6, 6.07) is 4.17. The number of nitrogens with zero attached hydrogens (tertiary/aromatic N) is 2. The molecular weight excluding hydrogens is 439 g/mol. The number of nitrogens with one attached hydrogen (secondary N) is 1. The Morgan fingerprint density at radius 3 is 2.75 bits per heavy atom. The zero-order chi connectivity index (χ0) is 22.6. The molecule has 2 aromatic rings. The Labute approximate surface area is 186 Å². The highest BCUT2D eigenvalue weighted by Gasteiger charge is 2.73. The van der Waals surface area contributed by atoms with Crippen molar-refractivity contribution in [2.75, 3.05) is 6.54 Å². The predicted molar refractivity (Wildman–Crippen MR) is 112 cm³/mol. The standard InChI is InChI=1S/C22H20ClFN4O4/c23-13-7-10(1-2-14(13)24)9-27-6-4-12-15(19(27)31)17(29)20(32)28-16(12)18(30)26-22(28)5-3-11-8-21(11,22)25/h1-2,7,11,29H,3-6,8-9,25H2,(H,26,30)/t11-,21-,22?/m0/s1. The summed E-state index contributed by atoms with van der Waals surface area (Å²) in [5.41, 5.74) is 4.94. The van der Waals surface area contributed by atoms with Crippen LogP contribution in [0.4, 0.5) is 4.39 Å². The van der Waals surface area contributed by atoms with Gasteiger partial charge in [0.2, 0.25) is 0 Å². The lowest BCUT2D eigenvalue weighted by atomic mass is 9.94. The van der Waals surface area contributed by atoms with Gasteiger partial charge in [0, 0.05) is 18.7 Å². The topological polar surface area (TPSA) is 118 Å². The average Bonchev–Trinajstić information content (AvgIpc) is 3.23. The van der Waals surface area contributed by atoms with E-state index in [1.807, 2.05) is 0 Å². The lowest BCUT2D eigenvalue weighted by Gasteiger charge is -2.35. The van der Waals surface area contributed by atoms with Crippen molar-refractivity contribution in [2.45, 2.75) is 43.4 Å². The molecule has 1 unspecified atom stereocenters. The summed E-state index contributed by atoms with van der Waals surface area (Å²) in [5, 5.41) is 13.7. The molecule has 2 fully saturated rings. The molecule has 2 amide bonds. The molecule has 8 nitrogen and oxygen atoms in total. The van der Waals surface area contributed by atoms with E-state index in [2.05, 4.69) is 5.32 Å². The summed E-state index contributed by atoms with van der Waals surface area (Å²) in [4.78, 5) is 41.0. The monoisotopic (exact) mass is 458 g/mol. The SMILES string of the molecule is N[C@@]12C[C@@H]1CCC21NC(=O)c2c3c(c(O)c(=O)n21)C(=O)N(Cc1ccc(F)c(Cl)c1)CC3. The van der Waals surface area contributed by atoms with Gasteiger partial charge in [-0.05, 0) is 49.3 Å². The van der Waals surface area contributed by atoms with Gasteiger partial charge in [0.05, 0.1) is 16.1 Å². The zero-order valence-electron chi connectivity index (χ0n) is 17.0. The van der Waals surface area contributed by atoms with Crippen molar-refractivity contribution in [3.05, 3.63) is 61.8 Å². The number of amides is 2. The molecule has 6 rings (SSSR count). The fourth-order valence-electron chi connectivity index (χ4n) is 5.94. The third kappa shape index (κ3) is 2.27. The molecular formula is C22H20ClFN4O4. The van der Waals surface area contributed by atoms with Gasteiger partial charge in [-0.15, -0.1) is 0 Å². The van der Waals surface area contributed by atoms with Gasteiger partial charge < -0.3 is 21.1 Å². The molecule has 32 heavy (non-hydrogen) atoms. The smallest absolute Gasteiger partial charge is 0.296 e. The van der Waals surface area contributed by atoms with Crippen LogP contribution >= 0.6 is 11.6 Å². The number of nitrogens with two attached hydrogens (primary N) is 1. The van der Waals surface area contributed by atoms with Gasteiger partial charge in [0.25, 0.3) is 17.4 Å². The molecule has 3 atom stereocenters. The highest BCUT2D eigenvalue weighted by Crippen LogP contribution is 2.62. The molecule has 166 valence electrons. The van der Waals surface area contributed by atoms with E-state index in [-0.39, 0.29) is 41.7 Å². The first-order valence-corrected chi connectivity index (χ1v) is 10.9. The van der Waals surface area contributed by atoms with E-state index in [1.165, 1.54) is 27.7 Å². The minimum atomic E-state index is -1.06. The number of hydrogen-bond donors (Lipinski definition) is 3. The molecule has 1 aromatic carbocycles. The van der Waals surface area contributed by atoms with Crippen LogP contribution in [0, 0.1) is 11.7 Å². The predicted octanol–water partition coefficient (Wildman–Crippen LogP) is 1.45. The van der Waals surface area contributed by atoms with E-state index in [1.54, 1.807) is 0 Å². The van der Waals surface area contributed by atoms with Crippen LogP contribution < -0.4 is 16.6 Å². The van der Waals surface area contributed by atoms with Crippen molar-refractivity contribution in [3.63, 3.8) is 0 Å². The molecule has 1 spiro atoms. The first-order chi connectivity index (χ1) is 15.2. The summed E-state index contributed by atoms with van der Waals surface area (Å²) < 4.78 is 14.8. The minimum Gasteiger partial charge on any atom is -0.502 e. The first kappa shape index (κ1) is 19.8. The summed E-state index contributed by atoms with van der Waals surface area (Å²) >= 11 is 5.84. The second-order valence-corrected chi connectivity index (χ2v) is 9.62. The van der Waals surface area contributed by atoms with E-state index in [9.17, 15) is 23.9 Å². The summed E-state index contributed by atoms with van der Waals surface area (Å²) in [6.07, 6.45) is 2.28. The number of carbonyl (C=O) groups excluding carboxylic acids is 2. The Morgan fingerprint density at radius 1 is 1.31 bits per heavy atom. The third-order valence-electron chi connectivity index (χ3n) is 7.64. The van der Waals surface area contributed by atoms with Gasteiger partial charge in [-0.25, -0.2) is 4.39 Å². The normalized spacial score (nSPS) is 29.7. The fourth-order valence-corrected chi connectivity index (χ4v) is 6.14. The van der Waals surface area contributed by atoms with Crippen LogP contribution in [-0.4, -0.2) is 38.5 Å². The minimum absolute atomic E-state index is 0.0566. The number of rotatable bonds is 2. The molecule has 0 saturated heterocycles. The van der Waals surface area contributed by atoms with Gasteiger partial charge in [0.15, 0.2) is 5.75 Å². The number of carbonyl (C=O) groups is 2. The number of benzene rings is 1.